The molecule has 0 aliphatic heterocycles. The second-order valence-electron chi connectivity index (χ2n) is 11.8. The fourth-order valence-electron chi connectivity index (χ4n) is 3.34. The minimum Gasteiger partial charge on any atom is -0.756 e. The van der Waals surface area contributed by atoms with E-state index in [0.717, 1.165) is 0 Å². The zero-order valence-electron chi connectivity index (χ0n) is 39.1. The summed E-state index contributed by atoms with van der Waals surface area (Å²) in [7, 11) is -34.6. The first-order chi connectivity index (χ1) is 32.9. The van der Waals surface area contributed by atoms with E-state index in [4.69, 9.17) is 43.2 Å². The van der Waals surface area contributed by atoms with Gasteiger partial charge in [0.15, 0.2) is 0 Å². The highest BCUT2D eigenvalue weighted by Gasteiger charge is 2.26. The maximum absolute atomic E-state index is 12.3. The minimum atomic E-state index is -5.33. The van der Waals surface area contributed by atoms with Crippen molar-refractivity contribution in [3.63, 3.8) is 0 Å². The summed E-state index contributed by atoms with van der Waals surface area (Å²) in [6.07, 6.45) is -4.56. The highest BCUT2D eigenvalue weighted by molar-refractivity contribution is 7.47. The maximum Gasteiger partial charge on any atom is 0.470 e. The van der Waals surface area contributed by atoms with E-state index in [0.29, 0.717) is 0 Å². The molecular formula is C27H70N3O36P8-7. The van der Waals surface area contributed by atoms with Gasteiger partial charge < -0.3 is 128 Å². The van der Waals surface area contributed by atoms with Crippen LogP contribution < -0.4 is 50.2 Å². The zero-order valence-corrected chi connectivity index (χ0v) is 46.2. The molecule has 0 aliphatic rings. The van der Waals surface area contributed by atoms with Crippen LogP contribution in [0.1, 0.15) is 35.6 Å². The van der Waals surface area contributed by atoms with Gasteiger partial charge in [-0.3, -0.25) is 52.4 Å². The molecule has 0 aromatic carbocycles. The summed E-state index contributed by atoms with van der Waals surface area (Å²) in [5.41, 5.74) is 0. The van der Waals surface area contributed by atoms with E-state index in [2.05, 4.69) is 65.7 Å². The van der Waals surface area contributed by atoms with Gasteiger partial charge in [0.2, 0.25) is 0 Å². The summed E-state index contributed by atoms with van der Waals surface area (Å²) in [5, 5.41) is 16.9. The van der Waals surface area contributed by atoms with Gasteiger partial charge in [0.05, 0.1) is 106 Å². The van der Waals surface area contributed by atoms with Gasteiger partial charge >= 0.3 is 7.82 Å². The third-order valence-corrected chi connectivity index (χ3v) is 11.9. The SMILES string of the molecule is C.C.CCOP(=O)([O-])O.CCOP(=O)([O-])O.CCOP(=O)([O-])O.CNCOCC(COP(=O)([O-])OCCOP(=O)([O-])OC(COCNC)COP(=O)([O-])OCCOP(=O)([O-])OC(CO)COCNC)OP(=O)(O)O. The average Bonchev–Trinajstić information content (AvgIpc) is 3.21. The van der Waals surface area contributed by atoms with E-state index in [1.165, 1.54) is 34.9 Å². The molecule has 0 aromatic rings. The summed E-state index contributed by atoms with van der Waals surface area (Å²) in [6, 6.07) is 0. The van der Waals surface area contributed by atoms with E-state index in [1.54, 1.807) is 7.05 Å². The van der Waals surface area contributed by atoms with Gasteiger partial charge in [0, 0.05) is 0 Å². The molecule has 47 heteroatoms. The number of hydrogen-bond acceptors (Lipinski definition) is 34. The van der Waals surface area contributed by atoms with Crippen LogP contribution in [0.2, 0.25) is 0 Å². The molecule has 0 amide bonds. The van der Waals surface area contributed by atoms with Gasteiger partial charge in [-0.2, -0.15) is 0 Å². The van der Waals surface area contributed by atoms with E-state index in [1.807, 2.05) is 0 Å². The number of phosphoric ester groups is 8. The molecule has 0 fully saturated rings. The van der Waals surface area contributed by atoms with Crippen LogP contribution in [-0.4, -0.2) is 175 Å². The standard InChI is InChI=1S/C19H48N3O24P5.3C2H7O4P.2CH4/c1-20-14-35-9-17(8-23)45-50(31,32)40-6-4-39-49(29,30)43-13-19(11-37-16-22-3)46-51(33,34)41-7-5-38-48(27,28)42-12-18(10-36-15-21-2)44-47(24,25)26;3*1-2-6-7(3,4)5;;/h17-23H,4-16H2,1-3H3,(H,27,28)(H,29,30)(H,31,32)(H,33,34)(H2,24,25,26);3*2H2,1H3,(H2,3,4,5);2*1H4/p-7. The molecule has 0 saturated carbocycles. The fraction of sp³-hybridized carbons (Fsp3) is 1.00. The quantitative estimate of drug-likeness (QED) is 0.0158. The third-order valence-electron chi connectivity index (χ3n) is 5.57. The van der Waals surface area contributed by atoms with Gasteiger partial charge in [0.1, 0.15) is 18.3 Å². The molecule has 0 aliphatic carbocycles. The fourth-order valence-corrected chi connectivity index (χ4v) is 7.97. The van der Waals surface area contributed by atoms with Crippen molar-refractivity contribution in [1.29, 1.82) is 0 Å². The van der Waals surface area contributed by atoms with Crippen LogP contribution >= 0.6 is 62.6 Å². The number of aliphatic hydroxyl groups excluding tert-OH is 1. The number of ether oxygens (including phenoxy) is 3. The number of aliphatic hydroxyl groups is 1. The van der Waals surface area contributed by atoms with Crippen LogP contribution in [0, 0.1) is 0 Å². The van der Waals surface area contributed by atoms with Gasteiger partial charge in [0.25, 0.3) is 54.8 Å². The normalized spacial score (nSPS) is 18.4. The molecule has 456 valence electrons. The predicted molar refractivity (Wildman–Crippen MR) is 237 cm³/mol. The molecule has 0 bridgehead atoms. The van der Waals surface area contributed by atoms with Gasteiger partial charge in [-0.15, -0.1) is 0 Å². The summed E-state index contributed by atoms with van der Waals surface area (Å²) in [5.74, 6) is 0. The lowest BCUT2D eigenvalue weighted by Crippen LogP contribution is -2.30. The molecule has 9 N–H and O–H groups in total. The van der Waals surface area contributed by atoms with Gasteiger partial charge in [-0.25, -0.2) is 4.57 Å². The van der Waals surface area contributed by atoms with Crippen LogP contribution in [0.4, 0.5) is 0 Å². The van der Waals surface area contributed by atoms with Crippen molar-refractivity contribution in [3.05, 3.63) is 0 Å². The van der Waals surface area contributed by atoms with Crippen molar-refractivity contribution < 1.29 is 169 Å². The van der Waals surface area contributed by atoms with Crippen LogP contribution in [0.3, 0.4) is 0 Å². The molecule has 0 saturated heterocycles. The largest absolute Gasteiger partial charge is 0.756 e. The smallest absolute Gasteiger partial charge is 0.470 e. The van der Waals surface area contributed by atoms with Crippen LogP contribution in [0.5, 0.6) is 0 Å². The molecule has 10 atom stereocenters. The Morgan fingerprint density at radius 3 is 0.878 bits per heavy atom. The van der Waals surface area contributed by atoms with Gasteiger partial charge in [-0.05, 0) is 41.9 Å². The zero-order chi connectivity index (χ0) is 56.8. The highest BCUT2D eigenvalue weighted by atomic mass is 31.2. The molecule has 0 aromatic heterocycles. The van der Waals surface area contributed by atoms with Crippen molar-refractivity contribution in [1.82, 2.24) is 16.0 Å². The number of rotatable bonds is 41. The minimum absolute atomic E-state index is 0. The molecule has 10 unspecified atom stereocenters. The molecule has 0 radical (unpaired) electrons. The van der Waals surface area contributed by atoms with Crippen LogP contribution in [-0.2, 0) is 105 Å². The summed E-state index contributed by atoms with van der Waals surface area (Å²) >= 11 is 0. The van der Waals surface area contributed by atoms with Crippen molar-refractivity contribution in [2.24, 2.45) is 0 Å². The van der Waals surface area contributed by atoms with Crippen LogP contribution in [0.25, 0.3) is 0 Å². The molecule has 0 spiro atoms. The molecular weight excluding hydrogens is 1190 g/mol. The number of phosphoric acid groups is 8. The Morgan fingerprint density at radius 2 is 0.649 bits per heavy atom. The Kier molecular flexibility index (Phi) is 53.7. The molecule has 0 rings (SSSR count). The van der Waals surface area contributed by atoms with E-state index < -0.39 is 140 Å². The lowest BCUT2D eigenvalue weighted by Gasteiger charge is -2.31. The van der Waals surface area contributed by atoms with E-state index in [-0.39, 0.29) is 61.5 Å². The molecule has 0 heterocycles. The molecule has 39 nitrogen and oxygen atoms in total. The third kappa shape index (κ3) is 66.9. The number of hydrogen-bond donors (Lipinski definition) is 9. The topological polar surface area (TPSA) is 594 Å². The summed E-state index contributed by atoms with van der Waals surface area (Å²) in [4.78, 5) is 118. The van der Waals surface area contributed by atoms with Crippen molar-refractivity contribution >= 4 is 62.6 Å². The lowest BCUT2D eigenvalue weighted by molar-refractivity contribution is -0.243. The first-order valence-corrected chi connectivity index (χ1v) is 31.3. The summed E-state index contributed by atoms with van der Waals surface area (Å²) in [6.45, 7) is -3.73. The van der Waals surface area contributed by atoms with Gasteiger partial charge in [-0.1, -0.05) is 14.9 Å². The maximum atomic E-state index is 12.3. The Balaban J connectivity index is -0.000000415. The van der Waals surface area contributed by atoms with Crippen LogP contribution in [0.15, 0.2) is 0 Å². The Hall–Kier alpha value is 0.600. The summed E-state index contributed by atoms with van der Waals surface area (Å²) < 4.78 is 155. The van der Waals surface area contributed by atoms with Crippen molar-refractivity contribution in [2.45, 2.75) is 53.9 Å². The first kappa shape index (κ1) is 85.9. The second kappa shape index (κ2) is 46.2. The predicted octanol–water partition coefficient (Wildman–Crippen LogP) is -4.50. The van der Waals surface area contributed by atoms with E-state index in [9.17, 15) is 75.9 Å². The Morgan fingerprint density at radius 1 is 0.392 bits per heavy atom. The molecule has 74 heavy (non-hydrogen) atoms. The Labute approximate surface area is 427 Å². The monoisotopic (exact) mass is 1260 g/mol. The second-order valence-corrected chi connectivity index (χ2v) is 22.2. The van der Waals surface area contributed by atoms with Crippen molar-refractivity contribution in [3.8, 4) is 0 Å². The Bertz CT molecular complexity index is 1700. The number of nitrogens with one attached hydrogen (secondary N) is 3. The van der Waals surface area contributed by atoms with E-state index >= 15 is 0 Å². The highest BCUT2D eigenvalue weighted by Crippen LogP contribution is 2.45. The lowest BCUT2D eigenvalue weighted by atomic mass is 10.4. The average molecular weight is 1260 g/mol. The first-order valence-electron chi connectivity index (χ1n) is 19.4. The van der Waals surface area contributed by atoms with Crippen molar-refractivity contribution in [2.75, 3.05) is 127 Å².